The van der Waals surface area contributed by atoms with Crippen LogP contribution < -0.4 is 10.9 Å². The summed E-state index contributed by atoms with van der Waals surface area (Å²) in [4.78, 5) is 30.6. The van der Waals surface area contributed by atoms with Crippen molar-refractivity contribution in [1.82, 2.24) is 15.3 Å². The van der Waals surface area contributed by atoms with E-state index in [0.29, 0.717) is 18.7 Å². The number of aliphatic hydroxyl groups excluding tert-OH is 1. The summed E-state index contributed by atoms with van der Waals surface area (Å²) in [5.74, 6) is 0.0349. The van der Waals surface area contributed by atoms with E-state index in [0.717, 1.165) is 12.8 Å². The molecular formula is C14H17N3O4. The summed E-state index contributed by atoms with van der Waals surface area (Å²) in [5, 5.41) is 12.1. The molecule has 7 nitrogen and oxygen atoms in total. The number of aromatic amines is 1. The Kier molecular flexibility index (Phi) is 3.29. The number of carbonyl (C=O) groups excluding carboxylic acids is 1. The third-order valence-electron chi connectivity index (χ3n) is 4.12. The Morgan fingerprint density at radius 3 is 3.00 bits per heavy atom. The van der Waals surface area contributed by atoms with E-state index in [2.05, 4.69) is 15.3 Å². The molecule has 1 fully saturated rings. The van der Waals surface area contributed by atoms with Crippen LogP contribution in [-0.4, -0.2) is 34.1 Å². The molecule has 0 unspecified atom stereocenters. The van der Waals surface area contributed by atoms with Gasteiger partial charge < -0.3 is 19.8 Å². The molecule has 0 spiro atoms. The van der Waals surface area contributed by atoms with Gasteiger partial charge in [0.15, 0.2) is 0 Å². The molecule has 0 radical (unpaired) electrons. The number of aromatic nitrogens is 2. The smallest absolute Gasteiger partial charge is 0.262 e. The molecule has 2 aromatic rings. The van der Waals surface area contributed by atoms with Crippen molar-refractivity contribution in [3.05, 3.63) is 28.0 Å². The van der Waals surface area contributed by atoms with E-state index < -0.39 is 5.56 Å². The number of carbonyl (C=O) groups is 1. The summed E-state index contributed by atoms with van der Waals surface area (Å²) < 4.78 is 5.36. The second kappa shape index (κ2) is 5.00. The normalized spacial score (nSPS) is 16.1. The summed E-state index contributed by atoms with van der Waals surface area (Å²) in [5.41, 5.74) is 0.0261. The van der Waals surface area contributed by atoms with Gasteiger partial charge in [-0.25, -0.2) is 4.98 Å². The first-order valence-electron chi connectivity index (χ1n) is 6.92. The molecule has 3 N–H and O–H groups in total. The first-order chi connectivity index (χ1) is 10.1. The van der Waals surface area contributed by atoms with Crippen LogP contribution in [0.15, 0.2) is 15.5 Å². The SMILES string of the molecule is Cc1oc2nc[nH]c(=O)c2c1C(=O)NCC1(CCO)CC1. The van der Waals surface area contributed by atoms with E-state index in [4.69, 9.17) is 9.52 Å². The number of amides is 1. The lowest BCUT2D eigenvalue weighted by Crippen LogP contribution is -2.31. The van der Waals surface area contributed by atoms with E-state index in [1.807, 2.05) is 0 Å². The van der Waals surface area contributed by atoms with E-state index >= 15 is 0 Å². The fraction of sp³-hybridized carbons (Fsp3) is 0.500. The molecule has 0 bridgehead atoms. The molecule has 0 aromatic carbocycles. The quantitative estimate of drug-likeness (QED) is 0.752. The zero-order valence-corrected chi connectivity index (χ0v) is 11.7. The lowest BCUT2D eigenvalue weighted by molar-refractivity contribution is 0.0940. The average Bonchev–Trinajstić information content (AvgIpc) is 3.12. The molecule has 1 aliphatic rings. The van der Waals surface area contributed by atoms with Crippen molar-refractivity contribution in [2.45, 2.75) is 26.2 Å². The molecule has 7 heteroatoms. The molecule has 2 heterocycles. The Labute approximate surface area is 120 Å². The lowest BCUT2D eigenvalue weighted by Gasteiger charge is -2.14. The number of nitrogens with one attached hydrogen (secondary N) is 2. The predicted octanol–water partition coefficient (Wildman–Crippen LogP) is 0.717. The topological polar surface area (TPSA) is 108 Å². The average molecular weight is 291 g/mol. The molecule has 21 heavy (non-hydrogen) atoms. The van der Waals surface area contributed by atoms with Gasteiger partial charge >= 0.3 is 0 Å². The molecule has 0 saturated heterocycles. The molecule has 3 rings (SSSR count). The van der Waals surface area contributed by atoms with Gasteiger partial charge in [-0.2, -0.15) is 0 Å². The van der Waals surface area contributed by atoms with Crippen LogP contribution in [0.25, 0.3) is 11.1 Å². The minimum Gasteiger partial charge on any atom is -0.442 e. The van der Waals surface area contributed by atoms with Gasteiger partial charge in [-0.05, 0) is 31.6 Å². The maximum Gasteiger partial charge on any atom is 0.262 e. The van der Waals surface area contributed by atoms with Crippen LogP contribution in [0.2, 0.25) is 0 Å². The Morgan fingerprint density at radius 2 is 2.33 bits per heavy atom. The van der Waals surface area contributed by atoms with Gasteiger partial charge in [0, 0.05) is 13.2 Å². The van der Waals surface area contributed by atoms with Crippen molar-refractivity contribution >= 4 is 17.0 Å². The van der Waals surface area contributed by atoms with Crippen molar-refractivity contribution in [1.29, 1.82) is 0 Å². The van der Waals surface area contributed by atoms with Crippen molar-refractivity contribution in [3.8, 4) is 0 Å². The van der Waals surface area contributed by atoms with Gasteiger partial charge in [-0.15, -0.1) is 0 Å². The van der Waals surface area contributed by atoms with E-state index in [1.54, 1.807) is 6.92 Å². The van der Waals surface area contributed by atoms with Crippen LogP contribution in [0, 0.1) is 12.3 Å². The van der Waals surface area contributed by atoms with Gasteiger partial charge in [0.05, 0.1) is 11.9 Å². The Hall–Kier alpha value is -2.15. The van der Waals surface area contributed by atoms with Gasteiger partial charge in [0.2, 0.25) is 5.71 Å². The fourth-order valence-corrected chi connectivity index (χ4v) is 2.61. The largest absolute Gasteiger partial charge is 0.442 e. The predicted molar refractivity (Wildman–Crippen MR) is 75.1 cm³/mol. The van der Waals surface area contributed by atoms with E-state index in [1.165, 1.54) is 6.33 Å². The highest BCUT2D eigenvalue weighted by Gasteiger charge is 2.42. The molecule has 1 aliphatic carbocycles. The number of aliphatic hydroxyl groups is 1. The summed E-state index contributed by atoms with van der Waals surface area (Å²) in [7, 11) is 0. The molecular weight excluding hydrogens is 274 g/mol. The zero-order chi connectivity index (χ0) is 15.0. The Bertz CT molecular complexity index is 742. The highest BCUT2D eigenvalue weighted by atomic mass is 16.3. The summed E-state index contributed by atoms with van der Waals surface area (Å²) in [6, 6.07) is 0. The molecule has 1 saturated carbocycles. The maximum absolute atomic E-state index is 12.4. The van der Waals surface area contributed by atoms with Crippen LogP contribution in [0.4, 0.5) is 0 Å². The van der Waals surface area contributed by atoms with Crippen LogP contribution >= 0.6 is 0 Å². The van der Waals surface area contributed by atoms with Crippen LogP contribution in [0.3, 0.4) is 0 Å². The third kappa shape index (κ3) is 2.44. The lowest BCUT2D eigenvalue weighted by atomic mass is 10.0. The Balaban J connectivity index is 1.85. The van der Waals surface area contributed by atoms with E-state index in [9.17, 15) is 9.59 Å². The number of nitrogens with zero attached hydrogens (tertiary/aromatic N) is 1. The van der Waals surface area contributed by atoms with Crippen molar-refractivity contribution < 1.29 is 14.3 Å². The molecule has 0 atom stereocenters. The number of fused-ring (bicyclic) bond motifs is 1. The monoisotopic (exact) mass is 291 g/mol. The van der Waals surface area contributed by atoms with Gasteiger partial charge in [0.1, 0.15) is 11.1 Å². The highest BCUT2D eigenvalue weighted by molar-refractivity contribution is 6.06. The summed E-state index contributed by atoms with van der Waals surface area (Å²) in [6.45, 7) is 2.25. The second-order valence-corrected chi connectivity index (χ2v) is 5.60. The second-order valence-electron chi connectivity index (χ2n) is 5.60. The van der Waals surface area contributed by atoms with Crippen molar-refractivity contribution in [3.63, 3.8) is 0 Å². The van der Waals surface area contributed by atoms with Crippen LogP contribution in [0.5, 0.6) is 0 Å². The number of furan rings is 1. The Morgan fingerprint density at radius 1 is 1.57 bits per heavy atom. The molecule has 1 amide bonds. The molecule has 112 valence electrons. The standard InChI is InChI=1S/C14H17N3O4/c1-8-9(10-12(20)16-7-17-13(10)21-8)11(19)15-6-14(2-3-14)4-5-18/h7,18H,2-6H2,1H3,(H,15,19)(H,16,17,20). The number of hydrogen-bond donors (Lipinski definition) is 3. The summed E-state index contributed by atoms with van der Waals surface area (Å²) in [6.07, 6.45) is 3.93. The van der Waals surface area contributed by atoms with Crippen molar-refractivity contribution in [2.24, 2.45) is 5.41 Å². The fourth-order valence-electron chi connectivity index (χ4n) is 2.61. The van der Waals surface area contributed by atoms with Crippen LogP contribution in [0.1, 0.15) is 35.4 Å². The molecule has 2 aromatic heterocycles. The van der Waals surface area contributed by atoms with Crippen LogP contribution in [-0.2, 0) is 0 Å². The minimum atomic E-state index is -0.390. The summed E-state index contributed by atoms with van der Waals surface area (Å²) >= 11 is 0. The molecule has 0 aliphatic heterocycles. The number of hydrogen-bond acceptors (Lipinski definition) is 5. The number of H-pyrrole nitrogens is 1. The first kappa shape index (κ1) is 13.8. The van der Waals surface area contributed by atoms with Crippen molar-refractivity contribution in [2.75, 3.05) is 13.2 Å². The van der Waals surface area contributed by atoms with Gasteiger partial charge in [0.25, 0.3) is 11.5 Å². The zero-order valence-electron chi connectivity index (χ0n) is 11.7. The number of aryl methyl sites for hydroxylation is 1. The first-order valence-corrected chi connectivity index (χ1v) is 6.92. The van der Waals surface area contributed by atoms with E-state index in [-0.39, 0.29) is 34.6 Å². The van der Waals surface area contributed by atoms with Gasteiger partial charge in [-0.3, -0.25) is 9.59 Å². The maximum atomic E-state index is 12.4. The number of rotatable bonds is 5. The minimum absolute atomic E-state index is 0.0164. The van der Waals surface area contributed by atoms with Gasteiger partial charge in [-0.1, -0.05) is 0 Å². The highest BCUT2D eigenvalue weighted by Crippen LogP contribution is 2.47. The third-order valence-corrected chi connectivity index (χ3v) is 4.12.